The second-order valence-electron chi connectivity index (χ2n) is 10.4. The number of hydrogen-bond acceptors (Lipinski definition) is 7. The average Bonchev–Trinajstić information content (AvgIpc) is 3.39. The predicted octanol–water partition coefficient (Wildman–Crippen LogP) is 6.40. The Morgan fingerprint density at radius 2 is 1.82 bits per heavy atom. The number of rotatable bonds is 7. The maximum atomic E-state index is 13.0. The van der Waals surface area contributed by atoms with E-state index in [0.29, 0.717) is 53.6 Å². The number of halogens is 3. The van der Waals surface area contributed by atoms with Gasteiger partial charge in [0, 0.05) is 30.8 Å². The number of aliphatic hydroxyl groups excluding tert-OH is 1. The molecule has 2 aromatic carbocycles. The van der Waals surface area contributed by atoms with E-state index in [0.717, 1.165) is 30.0 Å². The summed E-state index contributed by atoms with van der Waals surface area (Å²) in [5.74, 6) is 1.24. The Kier molecular flexibility index (Phi) is 7.79. The van der Waals surface area contributed by atoms with Gasteiger partial charge in [0.15, 0.2) is 5.58 Å². The van der Waals surface area contributed by atoms with Crippen molar-refractivity contribution in [2.75, 3.05) is 24.5 Å². The third kappa shape index (κ3) is 5.96. The number of pyridine rings is 1. The van der Waals surface area contributed by atoms with Crippen molar-refractivity contribution in [3.8, 4) is 17.5 Å². The lowest BCUT2D eigenvalue weighted by molar-refractivity contribution is -0.141. The lowest BCUT2D eigenvalue weighted by atomic mass is 9.96. The largest absolute Gasteiger partial charge is 0.436 e. The minimum absolute atomic E-state index is 0.171. The van der Waals surface area contributed by atoms with Gasteiger partial charge in [0.25, 0.3) is 0 Å². The number of benzene rings is 2. The zero-order valence-electron chi connectivity index (χ0n) is 22.2. The fraction of sp³-hybridized carbons (Fsp3) is 0.367. The molecule has 10 heteroatoms. The van der Waals surface area contributed by atoms with Gasteiger partial charge in [0.1, 0.15) is 23.3 Å². The summed E-state index contributed by atoms with van der Waals surface area (Å²) in [6.45, 7) is 5.86. The SMILES string of the molecule is CC(C)c1cc(C#N)cc2nc(-c3ccc(C(O)NCC4CCN(c5cccc(C(F)(F)F)n5)CC4)cc3)oc12. The third-order valence-corrected chi connectivity index (χ3v) is 7.31. The molecule has 4 aromatic rings. The van der Waals surface area contributed by atoms with Crippen molar-refractivity contribution < 1.29 is 22.7 Å². The van der Waals surface area contributed by atoms with Gasteiger partial charge in [-0.1, -0.05) is 32.0 Å². The summed E-state index contributed by atoms with van der Waals surface area (Å²) in [5.41, 5.74) is 3.35. The van der Waals surface area contributed by atoms with Crippen molar-refractivity contribution in [1.82, 2.24) is 15.3 Å². The lowest BCUT2D eigenvalue weighted by Crippen LogP contribution is -2.38. The van der Waals surface area contributed by atoms with E-state index in [1.807, 2.05) is 49.1 Å². The normalized spacial score (nSPS) is 15.5. The van der Waals surface area contributed by atoms with Crippen LogP contribution in [0.5, 0.6) is 0 Å². The van der Waals surface area contributed by atoms with Crippen LogP contribution in [0, 0.1) is 17.2 Å². The Morgan fingerprint density at radius 1 is 1.10 bits per heavy atom. The molecule has 0 aliphatic carbocycles. The standard InChI is InChI=1S/C30H30F3N5O2/c1-18(2)23-14-20(16-34)15-24-27(23)40-29(36-24)22-8-6-21(7-9-22)28(39)35-17-19-10-12-38(13-11-19)26-5-3-4-25(37-26)30(31,32)33/h3-9,14-15,18-19,28,35,39H,10-13,17H2,1-2H3. The van der Waals surface area contributed by atoms with Crippen LogP contribution < -0.4 is 10.2 Å². The monoisotopic (exact) mass is 549 g/mol. The molecule has 0 bridgehead atoms. The molecule has 0 spiro atoms. The topological polar surface area (TPSA) is 98.2 Å². The van der Waals surface area contributed by atoms with Crippen molar-refractivity contribution in [3.05, 3.63) is 77.0 Å². The highest BCUT2D eigenvalue weighted by Gasteiger charge is 2.33. The molecule has 208 valence electrons. The molecule has 40 heavy (non-hydrogen) atoms. The Labute approximate surface area is 230 Å². The predicted molar refractivity (Wildman–Crippen MR) is 145 cm³/mol. The van der Waals surface area contributed by atoms with E-state index in [9.17, 15) is 23.5 Å². The summed E-state index contributed by atoms with van der Waals surface area (Å²) in [5, 5.41) is 23.2. The van der Waals surface area contributed by atoms with Crippen molar-refractivity contribution in [2.45, 2.75) is 45.0 Å². The number of nitriles is 1. The molecule has 0 amide bonds. The van der Waals surface area contributed by atoms with E-state index in [-0.39, 0.29) is 11.8 Å². The number of anilines is 1. The molecule has 1 unspecified atom stereocenters. The van der Waals surface area contributed by atoms with Crippen molar-refractivity contribution in [3.63, 3.8) is 0 Å². The van der Waals surface area contributed by atoms with Crippen LogP contribution in [0.1, 0.15) is 61.2 Å². The van der Waals surface area contributed by atoms with Crippen LogP contribution in [-0.2, 0) is 6.18 Å². The molecule has 1 aliphatic rings. The molecule has 0 saturated carbocycles. The van der Waals surface area contributed by atoms with Crippen molar-refractivity contribution in [1.29, 1.82) is 5.26 Å². The molecule has 2 N–H and O–H groups in total. The number of alkyl halides is 3. The molecule has 3 heterocycles. The highest BCUT2D eigenvalue weighted by atomic mass is 19.4. The first-order chi connectivity index (χ1) is 19.1. The van der Waals surface area contributed by atoms with Gasteiger partial charge in [0.05, 0.1) is 11.6 Å². The molecule has 1 atom stereocenters. The van der Waals surface area contributed by atoms with Gasteiger partial charge < -0.3 is 14.4 Å². The van der Waals surface area contributed by atoms with Crippen LogP contribution in [0.4, 0.5) is 19.0 Å². The zero-order chi connectivity index (χ0) is 28.4. The molecular formula is C30H30F3N5O2. The highest BCUT2D eigenvalue weighted by Crippen LogP contribution is 2.32. The van der Waals surface area contributed by atoms with E-state index in [2.05, 4.69) is 21.4 Å². The minimum Gasteiger partial charge on any atom is -0.436 e. The molecule has 7 nitrogen and oxygen atoms in total. The molecule has 5 rings (SSSR count). The number of hydrogen-bond donors (Lipinski definition) is 2. The van der Waals surface area contributed by atoms with E-state index in [1.165, 1.54) is 6.07 Å². The number of aliphatic hydroxyl groups is 1. The fourth-order valence-corrected chi connectivity index (χ4v) is 5.00. The number of piperidine rings is 1. The van der Waals surface area contributed by atoms with Crippen molar-refractivity contribution in [2.24, 2.45) is 5.92 Å². The van der Waals surface area contributed by atoms with Gasteiger partial charge in [-0.15, -0.1) is 0 Å². The molecule has 1 aliphatic heterocycles. The first-order valence-corrected chi connectivity index (χ1v) is 13.3. The van der Waals surface area contributed by atoms with Crippen LogP contribution in [0.15, 0.2) is 59.0 Å². The molecule has 1 saturated heterocycles. The highest BCUT2D eigenvalue weighted by molar-refractivity contribution is 5.81. The second-order valence-corrected chi connectivity index (χ2v) is 10.4. The van der Waals surface area contributed by atoms with Crippen LogP contribution >= 0.6 is 0 Å². The van der Waals surface area contributed by atoms with Gasteiger partial charge >= 0.3 is 6.18 Å². The Bertz CT molecular complexity index is 1520. The Balaban J connectivity index is 1.18. The van der Waals surface area contributed by atoms with E-state index >= 15 is 0 Å². The molecule has 2 aromatic heterocycles. The Morgan fingerprint density at radius 3 is 2.48 bits per heavy atom. The fourth-order valence-electron chi connectivity index (χ4n) is 5.00. The number of nitrogens with one attached hydrogen (secondary N) is 1. The van der Waals surface area contributed by atoms with Crippen LogP contribution in [0.25, 0.3) is 22.6 Å². The quantitative estimate of drug-likeness (QED) is 0.257. The van der Waals surface area contributed by atoms with Gasteiger partial charge in [-0.2, -0.15) is 18.4 Å². The summed E-state index contributed by atoms with van der Waals surface area (Å²) in [7, 11) is 0. The first kappa shape index (κ1) is 27.6. The average molecular weight is 550 g/mol. The van der Waals surface area contributed by atoms with Crippen LogP contribution in [-0.4, -0.2) is 34.7 Å². The second kappa shape index (κ2) is 11.3. The summed E-state index contributed by atoms with van der Waals surface area (Å²) in [6.07, 6.45) is -3.78. The van der Waals surface area contributed by atoms with Gasteiger partial charge in [-0.3, -0.25) is 5.32 Å². The zero-order valence-corrected chi connectivity index (χ0v) is 22.2. The number of fused-ring (bicyclic) bond motifs is 1. The summed E-state index contributed by atoms with van der Waals surface area (Å²) >= 11 is 0. The summed E-state index contributed by atoms with van der Waals surface area (Å²) in [4.78, 5) is 10.3. The van der Waals surface area contributed by atoms with Gasteiger partial charge in [0.2, 0.25) is 5.89 Å². The smallest absolute Gasteiger partial charge is 0.433 e. The van der Waals surface area contributed by atoms with Crippen LogP contribution in [0.2, 0.25) is 0 Å². The molecule has 1 fully saturated rings. The third-order valence-electron chi connectivity index (χ3n) is 7.31. The maximum absolute atomic E-state index is 13.0. The minimum atomic E-state index is -4.46. The first-order valence-electron chi connectivity index (χ1n) is 13.3. The van der Waals surface area contributed by atoms with Crippen molar-refractivity contribution >= 4 is 16.9 Å². The van der Waals surface area contributed by atoms with Crippen LogP contribution in [0.3, 0.4) is 0 Å². The van der Waals surface area contributed by atoms with Gasteiger partial charge in [-0.05, 0) is 66.6 Å². The van der Waals surface area contributed by atoms with E-state index in [4.69, 9.17) is 4.42 Å². The summed E-state index contributed by atoms with van der Waals surface area (Å²) in [6, 6.07) is 17.0. The molecule has 0 radical (unpaired) electrons. The van der Waals surface area contributed by atoms with Gasteiger partial charge in [-0.25, -0.2) is 9.97 Å². The maximum Gasteiger partial charge on any atom is 0.433 e. The number of oxazole rings is 1. The lowest BCUT2D eigenvalue weighted by Gasteiger charge is -2.33. The Hall–Kier alpha value is -3.94. The number of aromatic nitrogens is 2. The number of nitrogens with zero attached hydrogens (tertiary/aromatic N) is 4. The van der Waals surface area contributed by atoms with E-state index < -0.39 is 18.1 Å². The van der Waals surface area contributed by atoms with E-state index in [1.54, 1.807) is 12.1 Å². The molecular weight excluding hydrogens is 519 g/mol. The summed E-state index contributed by atoms with van der Waals surface area (Å²) < 4.78 is 45.1.